The van der Waals surface area contributed by atoms with Crippen LogP contribution in [0, 0.1) is 5.92 Å². The summed E-state index contributed by atoms with van der Waals surface area (Å²) in [6.45, 7) is 4.72. The Morgan fingerprint density at radius 1 is 1.11 bits per heavy atom. The molecule has 1 amide bonds. The monoisotopic (exact) mass is 386 g/mol. The molecule has 0 spiro atoms. The predicted molar refractivity (Wildman–Crippen MR) is 108 cm³/mol. The van der Waals surface area contributed by atoms with Gasteiger partial charge in [-0.05, 0) is 42.5 Å². The second kappa shape index (κ2) is 8.13. The van der Waals surface area contributed by atoms with E-state index in [0.717, 1.165) is 12.0 Å². The van der Waals surface area contributed by atoms with Crippen molar-refractivity contribution in [2.24, 2.45) is 5.92 Å². The van der Waals surface area contributed by atoms with E-state index in [0.29, 0.717) is 30.1 Å². The number of hydrogen-bond donors (Lipinski definition) is 1. The minimum absolute atomic E-state index is 0.0853. The van der Waals surface area contributed by atoms with Gasteiger partial charge in [0.1, 0.15) is 0 Å². The summed E-state index contributed by atoms with van der Waals surface area (Å²) in [7, 11) is -3.26. The molecule has 1 N–H and O–H groups in total. The van der Waals surface area contributed by atoms with Crippen LogP contribution in [0.15, 0.2) is 54.6 Å². The molecule has 3 rings (SSSR count). The number of benzene rings is 2. The van der Waals surface area contributed by atoms with Gasteiger partial charge in [-0.15, -0.1) is 0 Å². The first-order chi connectivity index (χ1) is 12.9. The molecule has 0 aromatic heterocycles. The number of nitrogens with zero attached hydrogens (tertiary/aromatic N) is 1. The lowest BCUT2D eigenvalue weighted by Gasteiger charge is -2.22. The van der Waals surface area contributed by atoms with Crippen LogP contribution in [0.1, 0.15) is 48.7 Å². The van der Waals surface area contributed by atoms with Crippen LogP contribution in [0.25, 0.3) is 0 Å². The molecule has 144 valence electrons. The highest BCUT2D eigenvalue weighted by atomic mass is 32.2. The molecule has 0 aliphatic carbocycles. The molecule has 1 aliphatic rings. The third-order valence-electron chi connectivity index (χ3n) is 4.71. The summed E-state index contributed by atoms with van der Waals surface area (Å²) in [6, 6.07) is 16.7. The van der Waals surface area contributed by atoms with Gasteiger partial charge in [0.2, 0.25) is 10.0 Å². The fourth-order valence-corrected chi connectivity index (χ4v) is 4.96. The van der Waals surface area contributed by atoms with Gasteiger partial charge in [-0.25, -0.2) is 8.42 Å². The molecule has 2 aromatic rings. The molecule has 0 bridgehead atoms. The highest BCUT2D eigenvalue weighted by molar-refractivity contribution is 7.93. The molecular weight excluding hydrogens is 360 g/mol. The zero-order chi connectivity index (χ0) is 19.4. The van der Waals surface area contributed by atoms with Crippen LogP contribution in [0.2, 0.25) is 0 Å². The Kier molecular flexibility index (Phi) is 5.85. The molecule has 6 heteroatoms. The van der Waals surface area contributed by atoms with E-state index in [1.165, 1.54) is 4.31 Å². The van der Waals surface area contributed by atoms with Gasteiger partial charge >= 0.3 is 0 Å². The van der Waals surface area contributed by atoms with E-state index in [2.05, 4.69) is 19.2 Å². The minimum atomic E-state index is -3.26. The smallest absolute Gasteiger partial charge is 0.251 e. The average molecular weight is 387 g/mol. The summed E-state index contributed by atoms with van der Waals surface area (Å²) in [4.78, 5) is 12.9. The van der Waals surface area contributed by atoms with E-state index in [4.69, 9.17) is 0 Å². The molecular formula is C21H26N2O3S. The van der Waals surface area contributed by atoms with Crippen molar-refractivity contribution in [3.8, 4) is 0 Å². The largest absolute Gasteiger partial charge is 0.345 e. The Bertz CT molecular complexity index is 895. The third kappa shape index (κ3) is 4.69. The number of nitrogens with one attached hydrogen (secondary N) is 1. The second-order valence-corrected chi connectivity index (χ2v) is 9.37. The van der Waals surface area contributed by atoms with Crippen molar-refractivity contribution in [3.63, 3.8) is 0 Å². The van der Waals surface area contributed by atoms with Crippen LogP contribution in [0.4, 0.5) is 5.69 Å². The summed E-state index contributed by atoms with van der Waals surface area (Å²) in [5, 5.41) is 3.11. The van der Waals surface area contributed by atoms with Gasteiger partial charge in [0.05, 0.1) is 17.5 Å². The average Bonchev–Trinajstić information content (AvgIpc) is 3.00. The molecule has 1 atom stereocenters. The minimum Gasteiger partial charge on any atom is -0.345 e. The standard InChI is InChI=1S/C21H26N2O3S/c1-16(2)14-20(17-8-4-3-5-9-17)22-21(24)18-10-6-11-19(15-18)23-12-7-13-27(23,25)26/h3-6,8-11,15-16,20H,7,12-14H2,1-2H3,(H,22,24). The quantitative estimate of drug-likeness (QED) is 0.822. The van der Waals surface area contributed by atoms with E-state index >= 15 is 0 Å². The molecule has 1 fully saturated rings. The molecule has 1 unspecified atom stereocenters. The van der Waals surface area contributed by atoms with E-state index < -0.39 is 10.0 Å². The Balaban J connectivity index is 1.81. The lowest BCUT2D eigenvalue weighted by molar-refractivity contribution is 0.0932. The number of amides is 1. The first-order valence-corrected chi connectivity index (χ1v) is 10.9. The number of sulfonamides is 1. The zero-order valence-electron chi connectivity index (χ0n) is 15.8. The number of anilines is 1. The lowest BCUT2D eigenvalue weighted by Crippen LogP contribution is -2.30. The van der Waals surface area contributed by atoms with E-state index in [1.807, 2.05) is 30.3 Å². The van der Waals surface area contributed by atoms with Crippen LogP contribution in [0.5, 0.6) is 0 Å². The summed E-state index contributed by atoms with van der Waals surface area (Å²) >= 11 is 0. The highest BCUT2D eigenvalue weighted by Gasteiger charge is 2.29. The van der Waals surface area contributed by atoms with E-state index in [1.54, 1.807) is 24.3 Å². The van der Waals surface area contributed by atoms with E-state index in [9.17, 15) is 13.2 Å². The van der Waals surface area contributed by atoms with Crippen molar-refractivity contribution in [3.05, 3.63) is 65.7 Å². The maximum Gasteiger partial charge on any atom is 0.251 e. The van der Waals surface area contributed by atoms with Crippen LogP contribution in [0.3, 0.4) is 0 Å². The van der Waals surface area contributed by atoms with Gasteiger partial charge in [0.25, 0.3) is 5.91 Å². The van der Waals surface area contributed by atoms with E-state index in [-0.39, 0.29) is 17.7 Å². The molecule has 1 saturated heterocycles. The molecule has 0 radical (unpaired) electrons. The van der Waals surface area contributed by atoms with Gasteiger partial charge in [-0.3, -0.25) is 9.10 Å². The summed E-state index contributed by atoms with van der Waals surface area (Å²) < 4.78 is 25.7. The molecule has 5 nitrogen and oxygen atoms in total. The summed E-state index contributed by atoms with van der Waals surface area (Å²) in [5.74, 6) is 0.396. The summed E-state index contributed by atoms with van der Waals surface area (Å²) in [5.41, 5.74) is 2.09. The predicted octanol–water partition coefficient (Wildman–Crippen LogP) is 3.74. The fraction of sp³-hybridized carbons (Fsp3) is 0.381. The SMILES string of the molecule is CC(C)CC(NC(=O)c1cccc(N2CCCS2(=O)=O)c1)c1ccccc1. The van der Waals surface area contributed by atoms with Crippen LogP contribution < -0.4 is 9.62 Å². The zero-order valence-corrected chi connectivity index (χ0v) is 16.6. The molecule has 2 aromatic carbocycles. The Labute approximate surface area is 161 Å². The first kappa shape index (κ1) is 19.4. The van der Waals surface area contributed by atoms with Crippen LogP contribution in [-0.2, 0) is 10.0 Å². The van der Waals surface area contributed by atoms with Crippen LogP contribution in [-0.4, -0.2) is 26.6 Å². The first-order valence-electron chi connectivity index (χ1n) is 9.33. The van der Waals surface area contributed by atoms with Gasteiger partial charge in [-0.2, -0.15) is 0 Å². The Hall–Kier alpha value is -2.34. The van der Waals surface area contributed by atoms with Gasteiger partial charge < -0.3 is 5.32 Å². The van der Waals surface area contributed by atoms with Gasteiger partial charge in [-0.1, -0.05) is 50.2 Å². The highest BCUT2D eigenvalue weighted by Crippen LogP contribution is 2.26. The topological polar surface area (TPSA) is 66.5 Å². The number of carbonyl (C=O) groups excluding carboxylic acids is 1. The van der Waals surface area contributed by atoms with Crippen molar-refractivity contribution >= 4 is 21.6 Å². The third-order valence-corrected chi connectivity index (χ3v) is 6.58. The van der Waals surface area contributed by atoms with Gasteiger partial charge in [0.15, 0.2) is 0 Å². The molecule has 0 saturated carbocycles. The summed E-state index contributed by atoms with van der Waals surface area (Å²) in [6.07, 6.45) is 1.44. The van der Waals surface area contributed by atoms with Crippen LogP contribution >= 0.6 is 0 Å². The molecule has 1 aliphatic heterocycles. The molecule has 1 heterocycles. The fourth-order valence-electron chi connectivity index (χ4n) is 3.41. The lowest BCUT2D eigenvalue weighted by atomic mass is 9.96. The maximum absolute atomic E-state index is 12.9. The Morgan fingerprint density at radius 2 is 1.85 bits per heavy atom. The molecule has 27 heavy (non-hydrogen) atoms. The number of hydrogen-bond acceptors (Lipinski definition) is 3. The number of carbonyl (C=O) groups is 1. The van der Waals surface area contributed by atoms with Crippen molar-refractivity contribution in [2.45, 2.75) is 32.7 Å². The maximum atomic E-state index is 12.9. The normalized spacial score (nSPS) is 17.1. The second-order valence-electron chi connectivity index (χ2n) is 7.36. The van der Waals surface area contributed by atoms with Crippen molar-refractivity contribution < 1.29 is 13.2 Å². The van der Waals surface area contributed by atoms with Gasteiger partial charge in [0, 0.05) is 12.1 Å². The van der Waals surface area contributed by atoms with Crippen molar-refractivity contribution in [1.82, 2.24) is 5.32 Å². The number of rotatable bonds is 6. The van der Waals surface area contributed by atoms with Crippen molar-refractivity contribution in [2.75, 3.05) is 16.6 Å². The van der Waals surface area contributed by atoms with Crippen molar-refractivity contribution in [1.29, 1.82) is 0 Å². The Morgan fingerprint density at radius 3 is 2.48 bits per heavy atom.